The SMILES string of the molecule is CCN1CCC(Cc2nnc3n2C(C(=O)O)CCC3)C1. The van der Waals surface area contributed by atoms with Gasteiger partial charge in [-0.15, -0.1) is 10.2 Å². The Morgan fingerprint density at radius 2 is 2.25 bits per heavy atom. The monoisotopic (exact) mass is 278 g/mol. The summed E-state index contributed by atoms with van der Waals surface area (Å²) in [6, 6.07) is -0.465. The van der Waals surface area contributed by atoms with Gasteiger partial charge in [0.2, 0.25) is 0 Å². The summed E-state index contributed by atoms with van der Waals surface area (Å²) < 4.78 is 1.89. The number of carboxylic acid groups (broad SMARTS) is 1. The number of hydrogen-bond donors (Lipinski definition) is 1. The van der Waals surface area contributed by atoms with Gasteiger partial charge in [-0.2, -0.15) is 0 Å². The minimum Gasteiger partial charge on any atom is -0.480 e. The van der Waals surface area contributed by atoms with Crippen molar-refractivity contribution in [2.45, 2.75) is 45.1 Å². The molecule has 2 atom stereocenters. The van der Waals surface area contributed by atoms with Crippen LogP contribution in [0.5, 0.6) is 0 Å². The van der Waals surface area contributed by atoms with E-state index in [0.29, 0.717) is 12.3 Å². The summed E-state index contributed by atoms with van der Waals surface area (Å²) in [4.78, 5) is 13.9. The van der Waals surface area contributed by atoms with Gasteiger partial charge in [-0.3, -0.25) is 0 Å². The van der Waals surface area contributed by atoms with E-state index in [4.69, 9.17) is 0 Å². The van der Waals surface area contributed by atoms with E-state index in [1.165, 1.54) is 6.42 Å². The molecule has 0 spiro atoms. The first kappa shape index (κ1) is 13.5. The molecule has 0 aliphatic carbocycles. The van der Waals surface area contributed by atoms with Gasteiger partial charge in [-0.1, -0.05) is 6.92 Å². The molecule has 0 bridgehead atoms. The number of carboxylic acids is 1. The second-order valence-electron chi connectivity index (χ2n) is 5.90. The van der Waals surface area contributed by atoms with Crippen molar-refractivity contribution < 1.29 is 9.90 Å². The molecule has 0 aromatic carbocycles. The Morgan fingerprint density at radius 1 is 1.40 bits per heavy atom. The molecule has 6 heteroatoms. The van der Waals surface area contributed by atoms with Crippen molar-refractivity contribution in [1.29, 1.82) is 0 Å². The number of fused-ring (bicyclic) bond motifs is 1. The second kappa shape index (κ2) is 5.52. The normalized spacial score (nSPS) is 26.6. The number of aliphatic carboxylic acids is 1. The van der Waals surface area contributed by atoms with Crippen LogP contribution >= 0.6 is 0 Å². The van der Waals surface area contributed by atoms with Crippen molar-refractivity contribution in [3.05, 3.63) is 11.6 Å². The molecule has 3 heterocycles. The molecule has 1 aromatic rings. The summed E-state index contributed by atoms with van der Waals surface area (Å²) in [5.41, 5.74) is 0. The Balaban J connectivity index is 1.78. The molecule has 0 amide bonds. The lowest BCUT2D eigenvalue weighted by molar-refractivity contribution is -0.141. The maximum atomic E-state index is 11.4. The van der Waals surface area contributed by atoms with Gasteiger partial charge < -0.3 is 14.6 Å². The van der Waals surface area contributed by atoms with E-state index in [9.17, 15) is 9.90 Å². The third-order valence-corrected chi connectivity index (χ3v) is 4.60. The van der Waals surface area contributed by atoms with Crippen LogP contribution in [0.3, 0.4) is 0 Å². The first-order valence-electron chi connectivity index (χ1n) is 7.56. The smallest absolute Gasteiger partial charge is 0.326 e. The molecular weight excluding hydrogens is 256 g/mol. The molecule has 110 valence electrons. The van der Waals surface area contributed by atoms with Gasteiger partial charge >= 0.3 is 5.97 Å². The van der Waals surface area contributed by atoms with Crippen molar-refractivity contribution >= 4 is 5.97 Å². The van der Waals surface area contributed by atoms with E-state index < -0.39 is 12.0 Å². The molecule has 0 radical (unpaired) electrons. The number of rotatable bonds is 4. The van der Waals surface area contributed by atoms with Crippen molar-refractivity contribution in [1.82, 2.24) is 19.7 Å². The van der Waals surface area contributed by atoms with Crippen LogP contribution in [0.1, 0.15) is 43.9 Å². The number of hydrogen-bond acceptors (Lipinski definition) is 4. The summed E-state index contributed by atoms with van der Waals surface area (Å²) in [6.07, 6.45) is 4.46. The van der Waals surface area contributed by atoms with Crippen LogP contribution in [0.2, 0.25) is 0 Å². The second-order valence-corrected chi connectivity index (χ2v) is 5.90. The van der Waals surface area contributed by atoms with Gasteiger partial charge in [-0.25, -0.2) is 4.79 Å². The fraction of sp³-hybridized carbons (Fsp3) is 0.786. The number of aromatic nitrogens is 3. The number of carbonyl (C=O) groups is 1. The highest BCUT2D eigenvalue weighted by Crippen LogP contribution is 2.28. The van der Waals surface area contributed by atoms with E-state index in [1.54, 1.807) is 0 Å². The van der Waals surface area contributed by atoms with Gasteiger partial charge in [-0.05, 0) is 38.3 Å². The number of nitrogens with zero attached hydrogens (tertiary/aromatic N) is 4. The Morgan fingerprint density at radius 3 is 2.95 bits per heavy atom. The average molecular weight is 278 g/mol. The van der Waals surface area contributed by atoms with Crippen molar-refractivity contribution in [2.75, 3.05) is 19.6 Å². The average Bonchev–Trinajstić information content (AvgIpc) is 3.06. The van der Waals surface area contributed by atoms with Gasteiger partial charge in [0.25, 0.3) is 0 Å². The van der Waals surface area contributed by atoms with Gasteiger partial charge in [0.05, 0.1) is 0 Å². The molecule has 20 heavy (non-hydrogen) atoms. The largest absolute Gasteiger partial charge is 0.480 e. The fourth-order valence-electron chi connectivity index (χ4n) is 3.47. The Labute approximate surface area is 118 Å². The highest BCUT2D eigenvalue weighted by Gasteiger charge is 2.31. The van der Waals surface area contributed by atoms with Crippen LogP contribution in [0.4, 0.5) is 0 Å². The van der Waals surface area contributed by atoms with Crippen molar-refractivity contribution in [3.8, 4) is 0 Å². The molecule has 2 aliphatic heterocycles. The Kier molecular flexibility index (Phi) is 3.74. The van der Waals surface area contributed by atoms with E-state index >= 15 is 0 Å². The minimum absolute atomic E-state index is 0.465. The lowest BCUT2D eigenvalue weighted by Crippen LogP contribution is -2.27. The van der Waals surface area contributed by atoms with E-state index in [1.807, 2.05) is 4.57 Å². The zero-order valence-electron chi connectivity index (χ0n) is 12.0. The molecule has 1 fully saturated rings. The van der Waals surface area contributed by atoms with E-state index in [2.05, 4.69) is 22.0 Å². The summed E-state index contributed by atoms with van der Waals surface area (Å²) in [5, 5.41) is 17.9. The van der Waals surface area contributed by atoms with Gasteiger partial charge in [0.15, 0.2) is 0 Å². The van der Waals surface area contributed by atoms with Gasteiger partial charge in [0.1, 0.15) is 17.7 Å². The predicted molar refractivity (Wildman–Crippen MR) is 73.6 cm³/mol. The summed E-state index contributed by atoms with van der Waals surface area (Å²) in [6.45, 7) is 5.51. The first-order chi connectivity index (χ1) is 9.69. The molecule has 1 aromatic heterocycles. The topological polar surface area (TPSA) is 71.2 Å². The van der Waals surface area contributed by atoms with Gasteiger partial charge in [0, 0.05) is 19.4 Å². The summed E-state index contributed by atoms with van der Waals surface area (Å²) >= 11 is 0. The summed E-state index contributed by atoms with van der Waals surface area (Å²) in [5.74, 6) is 1.55. The van der Waals surface area contributed by atoms with Crippen molar-refractivity contribution in [3.63, 3.8) is 0 Å². The molecule has 0 saturated carbocycles. The minimum atomic E-state index is -0.756. The quantitative estimate of drug-likeness (QED) is 0.893. The van der Waals surface area contributed by atoms with Crippen LogP contribution in [-0.2, 0) is 17.6 Å². The lowest BCUT2D eigenvalue weighted by atomic mass is 10.0. The third kappa shape index (κ3) is 2.44. The molecule has 2 aliphatic rings. The predicted octanol–water partition coefficient (Wildman–Crippen LogP) is 1.12. The number of aryl methyl sites for hydroxylation is 1. The Bertz CT molecular complexity index is 499. The fourth-order valence-corrected chi connectivity index (χ4v) is 3.47. The number of likely N-dealkylation sites (tertiary alicyclic amines) is 1. The van der Waals surface area contributed by atoms with Crippen LogP contribution in [0.25, 0.3) is 0 Å². The standard InChI is InChI=1S/C14H22N4O2/c1-2-17-7-6-10(9-17)8-13-16-15-12-5-3-4-11(14(19)20)18(12)13/h10-11H,2-9H2,1H3,(H,19,20). The lowest BCUT2D eigenvalue weighted by Gasteiger charge is -2.23. The zero-order valence-corrected chi connectivity index (χ0v) is 12.0. The van der Waals surface area contributed by atoms with E-state index in [0.717, 1.165) is 50.5 Å². The van der Waals surface area contributed by atoms with Crippen LogP contribution in [0.15, 0.2) is 0 Å². The maximum Gasteiger partial charge on any atom is 0.326 e. The van der Waals surface area contributed by atoms with Crippen LogP contribution in [0, 0.1) is 5.92 Å². The molecule has 6 nitrogen and oxygen atoms in total. The highest BCUT2D eigenvalue weighted by molar-refractivity contribution is 5.72. The molecule has 2 unspecified atom stereocenters. The molecule has 1 N–H and O–H groups in total. The third-order valence-electron chi connectivity index (χ3n) is 4.60. The van der Waals surface area contributed by atoms with Crippen LogP contribution < -0.4 is 0 Å². The van der Waals surface area contributed by atoms with E-state index in [-0.39, 0.29) is 0 Å². The Hall–Kier alpha value is -1.43. The van der Waals surface area contributed by atoms with Crippen LogP contribution in [-0.4, -0.2) is 50.4 Å². The zero-order chi connectivity index (χ0) is 14.1. The molecule has 1 saturated heterocycles. The molecule has 3 rings (SSSR count). The highest BCUT2D eigenvalue weighted by atomic mass is 16.4. The summed E-state index contributed by atoms with van der Waals surface area (Å²) in [7, 11) is 0. The first-order valence-corrected chi connectivity index (χ1v) is 7.56. The molecular formula is C14H22N4O2. The van der Waals surface area contributed by atoms with Crippen molar-refractivity contribution in [2.24, 2.45) is 5.92 Å². The maximum absolute atomic E-state index is 11.4.